The molecule has 32 heavy (non-hydrogen) atoms. The summed E-state index contributed by atoms with van der Waals surface area (Å²) >= 11 is 0. The van der Waals surface area contributed by atoms with E-state index in [1.807, 2.05) is 47.4 Å². The Labute approximate surface area is 189 Å². The predicted molar refractivity (Wildman–Crippen MR) is 122 cm³/mol. The van der Waals surface area contributed by atoms with Gasteiger partial charge in [0.05, 0.1) is 26.2 Å². The monoisotopic (exact) mass is 434 g/mol. The van der Waals surface area contributed by atoms with Crippen LogP contribution in [0.3, 0.4) is 0 Å². The number of ether oxygens (including phenoxy) is 2. The summed E-state index contributed by atoms with van der Waals surface area (Å²) in [7, 11) is 3.21. The Balaban J connectivity index is 1.55. The highest BCUT2D eigenvalue weighted by atomic mass is 16.5. The lowest BCUT2D eigenvalue weighted by Crippen LogP contribution is -2.52. The fraction of sp³-hybridized carbons (Fsp3) is 0.385. The fourth-order valence-electron chi connectivity index (χ4n) is 4.78. The van der Waals surface area contributed by atoms with E-state index >= 15 is 0 Å². The second kappa shape index (κ2) is 9.47. The first-order chi connectivity index (χ1) is 15.6. The summed E-state index contributed by atoms with van der Waals surface area (Å²) < 4.78 is 10.7. The Morgan fingerprint density at radius 1 is 1.03 bits per heavy atom. The Kier molecular flexibility index (Phi) is 6.49. The first-order valence-corrected chi connectivity index (χ1v) is 11.1. The molecule has 0 bridgehead atoms. The van der Waals surface area contributed by atoms with Gasteiger partial charge in [-0.3, -0.25) is 9.59 Å². The van der Waals surface area contributed by atoms with Crippen LogP contribution in [-0.2, 0) is 22.7 Å². The summed E-state index contributed by atoms with van der Waals surface area (Å²) in [5, 5.41) is 3.13. The molecule has 1 atom stereocenters. The number of allylic oxidation sites excluding steroid dienone is 1. The number of fused-ring (bicyclic) bond motifs is 1. The number of rotatable bonds is 7. The Morgan fingerprint density at radius 2 is 1.75 bits per heavy atom. The molecule has 1 fully saturated rings. The summed E-state index contributed by atoms with van der Waals surface area (Å²) in [6.45, 7) is 0.863. The van der Waals surface area contributed by atoms with Crippen molar-refractivity contribution in [3.8, 4) is 11.5 Å². The van der Waals surface area contributed by atoms with Crippen molar-refractivity contribution in [1.29, 1.82) is 0 Å². The van der Waals surface area contributed by atoms with Crippen LogP contribution in [0.1, 0.15) is 43.2 Å². The molecule has 1 aliphatic heterocycles. The van der Waals surface area contributed by atoms with Crippen LogP contribution in [0.15, 0.2) is 60.3 Å². The van der Waals surface area contributed by atoms with Crippen molar-refractivity contribution in [2.45, 2.75) is 45.2 Å². The number of piperidine rings is 1. The molecule has 2 amide bonds. The molecule has 1 aliphatic carbocycles. The smallest absolute Gasteiger partial charge is 0.232 e. The van der Waals surface area contributed by atoms with E-state index < -0.39 is 5.41 Å². The van der Waals surface area contributed by atoms with Gasteiger partial charge in [-0.2, -0.15) is 0 Å². The van der Waals surface area contributed by atoms with Crippen LogP contribution >= 0.6 is 0 Å². The largest absolute Gasteiger partial charge is 0.497 e. The second-order valence-corrected chi connectivity index (χ2v) is 8.43. The molecule has 0 saturated carbocycles. The van der Waals surface area contributed by atoms with E-state index in [9.17, 15) is 9.59 Å². The van der Waals surface area contributed by atoms with Gasteiger partial charge in [-0.1, -0.05) is 36.4 Å². The van der Waals surface area contributed by atoms with Gasteiger partial charge in [-0.25, -0.2) is 0 Å². The molecule has 1 saturated heterocycles. The normalized spacial score (nSPS) is 20.2. The maximum absolute atomic E-state index is 13.6. The first-order valence-electron chi connectivity index (χ1n) is 11.1. The predicted octanol–water partition coefficient (Wildman–Crippen LogP) is 4.20. The lowest BCUT2D eigenvalue weighted by molar-refractivity contribution is -0.141. The van der Waals surface area contributed by atoms with Gasteiger partial charge < -0.3 is 19.7 Å². The van der Waals surface area contributed by atoms with E-state index in [1.54, 1.807) is 20.3 Å². The molecule has 0 radical (unpaired) electrons. The van der Waals surface area contributed by atoms with Crippen LogP contribution in [0, 0.1) is 5.41 Å². The van der Waals surface area contributed by atoms with Gasteiger partial charge in [-0.05, 0) is 48.9 Å². The molecule has 6 heteroatoms. The Bertz CT molecular complexity index is 995. The third kappa shape index (κ3) is 4.35. The van der Waals surface area contributed by atoms with Gasteiger partial charge in [0.15, 0.2) is 0 Å². The van der Waals surface area contributed by atoms with E-state index in [4.69, 9.17) is 9.47 Å². The molecular formula is C26H30N2O4. The molecule has 0 spiro atoms. The number of hydrogen-bond acceptors (Lipinski definition) is 4. The highest BCUT2D eigenvalue weighted by Crippen LogP contribution is 2.47. The lowest BCUT2D eigenvalue weighted by Gasteiger charge is -2.46. The maximum atomic E-state index is 13.6. The van der Waals surface area contributed by atoms with Gasteiger partial charge in [0.25, 0.3) is 0 Å². The Hall–Kier alpha value is -3.28. The minimum atomic E-state index is -0.663. The average Bonchev–Trinajstić information content (AvgIpc) is 2.84. The molecule has 2 aromatic carbocycles. The van der Waals surface area contributed by atoms with E-state index in [0.717, 1.165) is 36.1 Å². The molecule has 168 valence electrons. The number of carbonyl (C=O) groups is 2. The highest BCUT2D eigenvalue weighted by molar-refractivity contribution is 5.91. The van der Waals surface area contributed by atoms with Crippen LogP contribution in [0.25, 0.3) is 0 Å². The highest BCUT2D eigenvalue weighted by Gasteiger charge is 2.49. The number of nitrogens with one attached hydrogen (secondary N) is 1. The number of methoxy groups -OCH3 is 2. The van der Waals surface area contributed by atoms with Crippen LogP contribution in [-0.4, -0.2) is 30.9 Å². The molecule has 6 nitrogen and oxygen atoms in total. The van der Waals surface area contributed by atoms with Crippen LogP contribution in [0.4, 0.5) is 0 Å². The first kappa shape index (κ1) is 21.9. The van der Waals surface area contributed by atoms with Crippen molar-refractivity contribution in [2.75, 3.05) is 14.2 Å². The van der Waals surface area contributed by atoms with Gasteiger partial charge >= 0.3 is 0 Å². The van der Waals surface area contributed by atoms with Crippen molar-refractivity contribution >= 4 is 11.8 Å². The zero-order valence-electron chi connectivity index (χ0n) is 18.7. The summed E-state index contributed by atoms with van der Waals surface area (Å²) in [5.74, 6) is 1.43. The summed E-state index contributed by atoms with van der Waals surface area (Å²) in [5.41, 5.74) is 2.17. The number of likely N-dealkylation sites (tertiary alicyclic amines) is 1. The number of nitrogens with zero attached hydrogens (tertiary/aromatic N) is 1. The average molecular weight is 435 g/mol. The molecule has 2 aromatic rings. The zero-order chi connectivity index (χ0) is 22.6. The molecule has 1 unspecified atom stereocenters. The topological polar surface area (TPSA) is 67.9 Å². The zero-order valence-corrected chi connectivity index (χ0v) is 18.7. The van der Waals surface area contributed by atoms with Crippen molar-refractivity contribution in [3.05, 3.63) is 71.4 Å². The number of hydrogen-bond donors (Lipinski definition) is 1. The van der Waals surface area contributed by atoms with Crippen molar-refractivity contribution in [2.24, 2.45) is 5.41 Å². The van der Waals surface area contributed by atoms with Crippen molar-refractivity contribution < 1.29 is 19.1 Å². The quantitative estimate of drug-likeness (QED) is 0.709. The van der Waals surface area contributed by atoms with Gasteiger partial charge in [0.1, 0.15) is 11.5 Å². The fourth-order valence-corrected chi connectivity index (χ4v) is 4.78. The van der Waals surface area contributed by atoms with Crippen LogP contribution in [0.2, 0.25) is 0 Å². The van der Waals surface area contributed by atoms with E-state index in [0.29, 0.717) is 37.4 Å². The molecule has 0 aromatic heterocycles. The lowest BCUT2D eigenvalue weighted by atomic mass is 9.69. The van der Waals surface area contributed by atoms with Gasteiger partial charge in [-0.15, -0.1) is 0 Å². The number of carbonyl (C=O) groups excluding carboxylic acids is 2. The minimum Gasteiger partial charge on any atom is -0.497 e. The SMILES string of the molecule is COc1cc(CNC(=O)C23CCCC=C2N(Cc2ccccc2)C(=O)CC3)cc(OC)c1. The maximum Gasteiger partial charge on any atom is 0.232 e. The summed E-state index contributed by atoms with van der Waals surface area (Å²) in [4.78, 5) is 28.3. The third-order valence-electron chi connectivity index (χ3n) is 6.48. The van der Waals surface area contributed by atoms with Crippen LogP contribution < -0.4 is 14.8 Å². The minimum absolute atomic E-state index is 0.0178. The molecule has 1 N–H and O–H groups in total. The van der Waals surface area contributed by atoms with Crippen molar-refractivity contribution in [1.82, 2.24) is 10.2 Å². The molecule has 2 aliphatic rings. The number of benzene rings is 2. The molecular weight excluding hydrogens is 404 g/mol. The molecule has 1 heterocycles. The van der Waals surface area contributed by atoms with Gasteiger partial charge in [0, 0.05) is 24.7 Å². The van der Waals surface area contributed by atoms with E-state index in [-0.39, 0.29) is 11.8 Å². The standard InChI is InChI=1S/C26H30N2O4/c1-31-21-14-20(15-22(16-21)32-2)17-27-25(30)26-12-7-6-10-23(26)28(24(29)11-13-26)18-19-8-4-3-5-9-19/h3-5,8-10,14-16H,6-7,11-13,17-18H2,1-2H3,(H,27,30). The van der Waals surface area contributed by atoms with Crippen molar-refractivity contribution in [3.63, 3.8) is 0 Å². The van der Waals surface area contributed by atoms with E-state index in [2.05, 4.69) is 11.4 Å². The van der Waals surface area contributed by atoms with E-state index in [1.165, 1.54) is 0 Å². The molecule has 4 rings (SSSR count). The van der Waals surface area contributed by atoms with Crippen LogP contribution in [0.5, 0.6) is 11.5 Å². The van der Waals surface area contributed by atoms with Gasteiger partial charge in [0.2, 0.25) is 11.8 Å². The third-order valence-corrected chi connectivity index (χ3v) is 6.48. The number of amides is 2. The summed E-state index contributed by atoms with van der Waals surface area (Å²) in [6.07, 6.45) is 5.61. The summed E-state index contributed by atoms with van der Waals surface area (Å²) in [6, 6.07) is 15.5. The Morgan fingerprint density at radius 3 is 2.44 bits per heavy atom. The second-order valence-electron chi connectivity index (χ2n) is 8.43.